The molecule has 0 spiro atoms. The molecule has 0 unspecified atom stereocenters. The third-order valence-electron chi connectivity index (χ3n) is 2.96. The van der Waals surface area contributed by atoms with E-state index >= 15 is 0 Å². The molecule has 2 rings (SSSR count). The summed E-state index contributed by atoms with van der Waals surface area (Å²) in [6.45, 7) is 2.43. The van der Waals surface area contributed by atoms with Gasteiger partial charge in [0.2, 0.25) is 0 Å². The van der Waals surface area contributed by atoms with E-state index in [1.165, 1.54) is 6.20 Å². The average Bonchev–Trinajstić information content (AvgIpc) is 2.69. The van der Waals surface area contributed by atoms with Crippen LogP contribution in [-0.4, -0.2) is 42.4 Å². The Morgan fingerprint density at radius 2 is 2.21 bits per heavy atom. The van der Waals surface area contributed by atoms with Crippen LogP contribution in [0.3, 0.4) is 0 Å². The fourth-order valence-corrected chi connectivity index (χ4v) is 4.41. The maximum absolute atomic E-state index is 12.4. The first-order chi connectivity index (χ1) is 8.67. The van der Waals surface area contributed by atoms with Gasteiger partial charge in [0.25, 0.3) is 0 Å². The molecule has 108 valence electrons. The van der Waals surface area contributed by atoms with E-state index in [0.29, 0.717) is 29.3 Å². The maximum atomic E-state index is 12.4. The van der Waals surface area contributed by atoms with E-state index in [0.717, 1.165) is 0 Å². The predicted octanol–water partition coefficient (Wildman–Crippen LogP) is 1.78. The summed E-state index contributed by atoms with van der Waals surface area (Å²) in [6.07, 6.45) is -3.21. The number of rotatable bonds is 2. The lowest BCUT2D eigenvalue weighted by atomic mass is 10.3. The third-order valence-corrected chi connectivity index (χ3v) is 5.78. The number of aromatic nitrogens is 1. The van der Waals surface area contributed by atoms with E-state index in [9.17, 15) is 21.6 Å². The lowest BCUT2D eigenvalue weighted by molar-refractivity contribution is -0.137. The molecule has 0 radical (unpaired) electrons. The number of hydrogen-bond acceptors (Lipinski definition) is 5. The molecule has 0 aliphatic carbocycles. The summed E-state index contributed by atoms with van der Waals surface area (Å²) in [5.74, 6) is 0.111. The zero-order chi connectivity index (χ0) is 14.3. The lowest BCUT2D eigenvalue weighted by Crippen LogP contribution is -2.46. The first-order valence-electron chi connectivity index (χ1n) is 5.64. The average molecular weight is 314 g/mol. The van der Waals surface area contributed by atoms with Gasteiger partial charge in [0.05, 0.1) is 11.5 Å². The first kappa shape index (κ1) is 14.7. The van der Waals surface area contributed by atoms with Gasteiger partial charge < -0.3 is 0 Å². The Kier molecular flexibility index (Phi) is 3.90. The van der Waals surface area contributed by atoms with Crippen LogP contribution in [-0.2, 0) is 22.6 Å². The topological polar surface area (TPSA) is 50.3 Å². The van der Waals surface area contributed by atoms with Gasteiger partial charge in [-0.2, -0.15) is 13.2 Å². The molecule has 4 nitrogen and oxygen atoms in total. The molecule has 1 aliphatic rings. The fourth-order valence-electron chi connectivity index (χ4n) is 1.98. The van der Waals surface area contributed by atoms with Crippen LogP contribution in [0.1, 0.15) is 16.8 Å². The summed E-state index contributed by atoms with van der Waals surface area (Å²) in [7, 11) is -3.01. The van der Waals surface area contributed by atoms with E-state index in [4.69, 9.17) is 0 Å². The normalized spacial score (nSPS) is 24.5. The molecule has 1 saturated heterocycles. The van der Waals surface area contributed by atoms with Crippen molar-refractivity contribution in [3.8, 4) is 0 Å². The summed E-state index contributed by atoms with van der Waals surface area (Å²) in [4.78, 5) is 5.72. The van der Waals surface area contributed by atoms with Crippen LogP contribution < -0.4 is 0 Å². The highest BCUT2D eigenvalue weighted by molar-refractivity contribution is 7.91. The van der Waals surface area contributed by atoms with Crippen LogP contribution in [0.4, 0.5) is 13.2 Å². The van der Waals surface area contributed by atoms with Crippen molar-refractivity contribution in [1.82, 2.24) is 9.88 Å². The molecule has 1 fully saturated rings. The van der Waals surface area contributed by atoms with Gasteiger partial charge in [-0.25, -0.2) is 13.4 Å². The molecule has 1 aromatic rings. The van der Waals surface area contributed by atoms with Crippen molar-refractivity contribution in [1.29, 1.82) is 0 Å². The van der Waals surface area contributed by atoms with Crippen molar-refractivity contribution in [2.45, 2.75) is 25.7 Å². The Morgan fingerprint density at radius 3 is 2.74 bits per heavy atom. The Hall–Kier alpha value is -0.670. The first-order valence-corrected chi connectivity index (χ1v) is 8.27. The summed E-state index contributed by atoms with van der Waals surface area (Å²) in [5, 5.41) is -0.861. The standard InChI is InChI=1S/C10H13F3N2O2S2/c1-7-6-19(16,17)3-2-15(7)5-8-4-14-9(18-8)10(11,12)13/h4,7H,2-3,5-6H2,1H3/t7-/m0/s1. The molecule has 0 amide bonds. The highest BCUT2D eigenvalue weighted by Gasteiger charge is 2.35. The van der Waals surface area contributed by atoms with Gasteiger partial charge in [-0.1, -0.05) is 0 Å². The predicted molar refractivity (Wildman–Crippen MR) is 65.6 cm³/mol. The number of hydrogen-bond donors (Lipinski definition) is 0. The van der Waals surface area contributed by atoms with Crippen LogP contribution in [0.15, 0.2) is 6.20 Å². The molecule has 19 heavy (non-hydrogen) atoms. The molecule has 1 aromatic heterocycles. The highest BCUT2D eigenvalue weighted by Crippen LogP contribution is 2.33. The van der Waals surface area contributed by atoms with Crippen LogP contribution in [0.25, 0.3) is 0 Å². The Balaban J connectivity index is 2.04. The number of sulfone groups is 1. The summed E-state index contributed by atoms with van der Waals surface area (Å²) >= 11 is 0.608. The molecule has 0 bridgehead atoms. The Bertz CT molecular complexity index is 553. The van der Waals surface area contributed by atoms with Crippen LogP contribution >= 0.6 is 11.3 Å². The minimum Gasteiger partial charge on any atom is -0.294 e. The third kappa shape index (κ3) is 3.67. The molecule has 9 heteroatoms. The molecular weight excluding hydrogens is 301 g/mol. The monoisotopic (exact) mass is 314 g/mol. The molecule has 0 saturated carbocycles. The summed E-state index contributed by atoms with van der Waals surface area (Å²) in [5.41, 5.74) is 0. The largest absolute Gasteiger partial charge is 0.443 e. The number of thiazole rings is 1. The highest BCUT2D eigenvalue weighted by atomic mass is 32.2. The fraction of sp³-hybridized carbons (Fsp3) is 0.700. The van der Waals surface area contributed by atoms with Gasteiger partial charge in [-0.05, 0) is 6.92 Å². The number of alkyl halides is 3. The summed E-state index contributed by atoms with van der Waals surface area (Å²) in [6, 6.07) is -0.185. The Morgan fingerprint density at radius 1 is 1.53 bits per heavy atom. The van der Waals surface area contributed by atoms with E-state index in [2.05, 4.69) is 4.98 Å². The van der Waals surface area contributed by atoms with E-state index < -0.39 is 21.0 Å². The van der Waals surface area contributed by atoms with Crippen molar-refractivity contribution in [3.63, 3.8) is 0 Å². The second kappa shape index (κ2) is 5.02. The van der Waals surface area contributed by atoms with Gasteiger partial charge in [0, 0.05) is 30.2 Å². The van der Waals surface area contributed by atoms with Gasteiger partial charge in [0.1, 0.15) is 0 Å². The molecule has 0 N–H and O–H groups in total. The molecular formula is C10H13F3N2O2S2. The second-order valence-corrected chi connectivity index (χ2v) is 7.91. The van der Waals surface area contributed by atoms with Crippen molar-refractivity contribution in [2.24, 2.45) is 0 Å². The van der Waals surface area contributed by atoms with Crippen LogP contribution in [0.5, 0.6) is 0 Å². The van der Waals surface area contributed by atoms with Gasteiger partial charge >= 0.3 is 6.18 Å². The quantitative estimate of drug-likeness (QED) is 0.835. The Labute approximate surface area is 113 Å². The van der Waals surface area contributed by atoms with Crippen LogP contribution in [0, 0.1) is 0 Å². The second-order valence-electron chi connectivity index (χ2n) is 4.56. The van der Waals surface area contributed by atoms with Crippen molar-refractivity contribution in [2.75, 3.05) is 18.1 Å². The minimum atomic E-state index is -4.42. The van der Waals surface area contributed by atoms with Crippen molar-refractivity contribution >= 4 is 21.2 Å². The zero-order valence-corrected chi connectivity index (χ0v) is 11.8. The summed E-state index contributed by atoms with van der Waals surface area (Å²) < 4.78 is 60.1. The molecule has 0 aromatic carbocycles. The van der Waals surface area contributed by atoms with Gasteiger partial charge in [-0.15, -0.1) is 11.3 Å². The smallest absolute Gasteiger partial charge is 0.294 e. The van der Waals surface area contributed by atoms with Crippen molar-refractivity contribution < 1.29 is 21.6 Å². The number of halogens is 3. The van der Waals surface area contributed by atoms with E-state index in [1.54, 1.807) is 6.92 Å². The van der Waals surface area contributed by atoms with Crippen LogP contribution in [0.2, 0.25) is 0 Å². The maximum Gasteiger partial charge on any atom is 0.443 e. The van der Waals surface area contributed by atoms with Gasteiger partial charge in [-0.3, -0.25) is 4.90 Å². The zero-order valence-electron chi connectivity index (χ0n) is 10.1. The van der Waals surface area contributed by atoms with Gasteiger partial charge in [0.15, 0.2) is 14.8 Å². The molecule has 1 atom stereocenters. The van der Waals surface area contributed by atoms with E-state index in [-0.39, 0.29) is 17.5 Å². The molecule has 1 aliphatic heterocycles. The minimum absolute atomic E-state index is 0.0535. The molecule has 2 heterocycles. The number of nitrogens with zero attached hydrogens (tertiary/aromatic N) is 2. The SMILES string of the molecule is C[C@H]1CS(=O)(=O)CCN1Cc1cnc(C(F)(F)F)s1. The van der Waals surface area contributed by atoms with E-state index in [1.807, 2.05) is 4.90 Å². The lowest BCUT2D eigenvalue weighted by Gasteiger charge is -2.32. The van der Waals surface area contributed by atoms with Crippen molar-refractivity contribution in [3.05, 3.63) is 16.1 Å².